The Hall–Kier alpha value is -2.31. The number of halogens is 1. The predicted octanol–water partition coefficient (Wildman–Crippen LogP) is 5.25. The molecule has 1 aliphatic rings. The molecule has 0 aliphatic heterocycles. The highest BCUT2D eigenvalue weighted by Crippen LogP contribution is 2.36. The van der Waals surface area contributed by atoms with Crippen molar-refractivity contribution in [3.63, 3.8) is 0 Å². The van der Waals surface area contributed by atoms with E-state index in [2.05, 4.69) is 16.9 Å². The highest BCUT2D eigenvalue weighted by Gasteiger charge is 2.23. The summed E-state index contributed by atoms with van der Waals surface area (Å²) in [6, 6.07) is 5.56. The number of rotatable bonds is 5. The van der Waals surface area contributed by atoms with Crippen LogP contribution in [0.4, 0.5) is 0 Å². The van der Waals surface area contributed by atoms with Gasteiger partial charge >= 0.3 is 0 Å². The number of H-pyrrole nitrogens is 1. The van der Waals surface area contributed by atoms with Crippen molar-refractivity contribution in [1.29, 1.82) is 0 Å². The molecule has 4 rings (SSSR count). The SMILES string of the molecule is CCOc1cc(/C=C(\Cl)c2nc3sc4c(c3c(=O)[nH]2)CCC(C)C4)ccc1OC. The zero-order valence-corrected chi connectivity index (χ0v) is 18.2. The number of thiophene rings is 1. The smallest absolute Gasteiger partial charge is 0.260 e. The maximum absolute atomic E-state index is 12.8. The van der Waals surface area contributed by atoms with Crippen molar-refractivity contribution in [2.24, 2.45) is 5.92 Å². The molecule has 29 heavy (non-hydrogen) atoms. The number of hydrogen-bond acceptors (Lipinski definition) is 5. The van der Waals surface area contributed by atoms with E-state index in [0.29, 0.717) is 34.9 Å². The van der Waals surface area contributed by atoms with Crippen molar-refractivity contribution >= 4 is 44.3 Å². The van der Waals surface area contributed by atoms with Crippen LogP contribution in [0.1, 0.15) is 42.1 Å². The van der Waals surface area contributed by atoms with Crippen molar-refractivity contribution in [2.75, 3.05) is 13.7 Å². The van der Waals surface area contributed by atoms with Gasteiger partial charge in [-0.2, -0.15) is 0 Å². The van der Waals surface area contributed by atoms with Gasteiger partial charge in [0.05, 0.1) is 24.1 Å². The number of benzene rings is 1. The van der Waals surface area contributed by atoms with E-state index >= 15 is 0 Å². The summed E-state index contributed by atoms with van der Waals surface area (Å²) in [5.41, 5.74) is 1.88. The largest absolute Gasteiger partial charge is 0.493 e. The normalized spacial score (nSPS) is 16.7. The van der Waals surface area contributed by atoms with Gasteiger partial charge in [-0.05, 0) is 61.4 Å². The van der Waals surface area contributed by atoms with Crippen molar-refractivity contribution in [1.82, 2.24) is 9.97 Å². The number of ether oxygens (including phenoxy) is 2. The van der Waals surface area contributed by atoms with E-state index in [1.165, 1.54) is 10.4 Å². The Morgan fingerprint density at radius 2 is 2.24 bits per heavy atom. The Morgan fingerprint density at radius 3 is 3.00 bits per heavy atom. The first kappa shape index (κ1) is 20.0. The van der Waals surface area contributed by atoms with Gasteiger partial charge in [0, 0.05) is 4.88 Å². The summed E-state index contributed by atoms with van der Waals surface area (Å²) in [4.78, 5) is 22.4. The first-order valence-electron chi connectivity index (χ1n) is 9.73. The lowest BCUT2D eigenvalue weighted by molar-refractivity contribution is 0.311. The summed E-state index contributed by atoms with van der Waals surface area (Å²) in [5, 5.41) is 1.10. The Bertz CT molecular complexity index is 1150. The standard InChI is InChI=1S/C22H23ClN2O3S/c1-4-28-17-11-13(6-8-16(17)27-3)10-15(23)20-24-21(26)19-14-7-5-12(2)9-18(14)29-22(19)25-20/h6,8,10-12H,4-5,7,9H2,1-3H3,(H,24,25,26)/b15-10-. The van der Waals surface area contributed by atoms with Gasteiger partial charge in [-0.25, -0.2) is 4.98 Å². The van der Waals surface area contributed by atoms with E-state index in [1.807, 2.05) is 25.1 Å². The first-order valence-corrected chi connectivity index (χ1v) is 10.9. The molecule has 1 atom stereocenters. The van der Waals surface area contributed by atoms with E-state index < -0.39 is 0 Å². The number of aromatic amines is 1. The maximum Gasteiger partial charge on any atom is 0.260 e. The highest BCUT2D eigenvalue weighted by atomic mass is 35.5. The molecule has 0 spiro atoms. The fraction of sp³-hybridized carbons (Fsp3) is 0.364. The van der Waals surface area contributed by atoms with E-state index in [4.69, 9.17) is 21.1 Å². The van der Waals surface area contributed by atoms with E-state index in [-0.39, 0.29) is 5.56 Å². The zero-order chi connectivity index (χ0) is 20.5. The van der Waals surface area contributed by atoms with Crippen molar-refractivity contribution < 1.29 is 9.47 Å². The Morgan fingerprint density at radius 1 is 1.41 bits per heavy atom. The summed E-state index contributed by atoms with van der Waals surface area (Å²) >= 11 is 8.14. The van der Waals surface area contributed by atoms with Crippen LogP contribution in [0.3, 0.4) is 0 Å². The van der Waals surface area contributed by atoms with Gasteiger partial charge in [0.1, 0.15) is 4.83 Å². The summed E-state index contributed by atoms with van der Waals surface area (Å²) in [6.07, 6.45) is 4.83. The van der Waals surface area contributed by atoms with Crippen LogP contribution in [0.25, 0.3) is 21.3 Å². The number of nitrogens with one attached hydrogen (secondary N) is 1. The topological polar surface area (TPSA) is 64.2 Å². The van der Waals surface area contributed by atoms with Gasteiger partial charge < -0.3 is 14.5 Å². The van der Waals surface area contributed by atoms with E-state index in [1.54, 1.807) is 24.5 Å². The average Bonchev–Trinajstić information content (AvgIpc) is 3.06. The van der Waals surface area contributed by atoms with Gasteiger partial charge in [-0.3, -0.25) is 4.79 Å². The predicted molar refractivity (Wildman–Crippen MR) is 119 cm³/mol. The van der Waals surface area contributed by atoms with E-state index in [9.17, 15) is 4.79 Å². The second-order valence-electron chi connectivity index (χ2n) is 7.28. The molecule has 0 radical (unpaired) electrons. The van der Waals surface area contributed by atoms with Gasteiger partial charge in [0.15, 0.2) is 17.3 Å². The third-order valence-electron chi connectivity index (χ3n) is 5.17. The molecule has 1 aromatic carbocycles. The lowest BCUT2D eigenvalue weighted by Crippen LogP contribution is -2.14. The molecular weight excluding hydrogens is 408 g/mol. The summed E-state index contributed by atoms with van der Waals surface area (Å²) in [7, 11) is 1.60. The van der Waals surface area contributed by atoms with Gasteiger partial charge in [0.2, 0.25) is 0 Å². The second-order valence-corrected chi connectivity index (χ2v) is 8.77. The van der Waals surface area contributed by atoms with Crippen molar-refractivity contribution in [2.45, 2.75) is 33.1 Å². The van der Waals surface area contributed by atoms with Gasteiger partial charge in [0.25, 0.3) is 5.56 Å². The maximum atomic E-state index is 12.8. The fourth-order valence-electron chi connectivity index (χ4n) is 3.73. The molecular formula is C22H23ClN2O3S. The molecule has 0 saturated heterocycles. The van der Waals surface area contributed by atoms with Crippen LogP contribution in [-0.4, -0.2) is 23.7 Å². The van der Waals surface area contributed by atoms with Crippen LogP contribution in [0, 0.1) is 5.92 Å². The molecule has 2 aromatic heterocycles. The first-order chi connectivity index (χ1) is 14.0. The molecule has 1 aliphatic carbocycles. The monoisotopic (exact) mass is 430 g/mol. The highest BCUT2D eigenvalue weighted by molar-refractivity contribution is 7.18. The van der Waals surface area contributed by atoms with Crippen molar-refractivity contribution in [3.8, 4) is 11.5 Å². The molecule has 0 fully saturated rings. The van der Waals surface area contributed by atoms with Crippen molar-refractivity contribution in [3.05, 3.63) is 50.4 Å². The molecule has 0 bridgehead atoms. The van der Waals surface area contributed by atoms with Crippen LogP contribution in [0.15, 0.2) is 23.0 Å². The number of fused-ring (bicyclic) bond motifs is 3. The van der Waals surface area contributed by atoms with Crippen LogP contribution in [0.5, 0.6) is 11.5 Å². The number of methoxy groups -OCH3 is 1. The van der Waals surface area contributed by atoms with Gasteiger partial charge in [-0.15, -0.1) is 11.3 Å². The molecule has 152 valence electrons. The molecule has 3 aromatic rings. The Balaban J connectivity index is 1.73. The molecule has 5 nitrogen and oxygen atoms in total. The van der Waals surface area contributed by atoms with E-state index in [0.717, 1.165) is 35.0 Å². The number of hydrogen-bond donors (Lipinski definition) is 1. The second kappa shape index (κ2) is 8.20. The minimum atomic E-state index is -0.117. The lowest BCUT2D eigenvalue weighted by Gasteiger charge is -2.17. The molecule has 2 heterocycles. The molecule has 0 saturated carbocycles. The van der Waals surface area contributed by atoms with Crippen LogP contribution < -0.4 is 15.0 Å². The number of aryl methyl sites for hydroxylation is 1. The zero-order valence-electron chi connectivity index (χ0n) is 16.7. The Kier molecular flexibility index (Phi) is 5.65. The quantitative estimate of drug-likeness (QED) is 0.600. The van der Waals surface area contributed by atoms with Gasteiger partial charge in [-0.1, -0.05) is 24.6 Å². The summed E-state index contributed by atoms with van der Waals surface area (Å²) in [5.74, 6) is 2.33. The Labute approximate surface area is 178 Å². The third kappa shape index (κ3) is 3.91. The average molecular weight is 431 g/mol. The third-order valence-corrected chi connectivity index (χ3v) is 6.61. The molecule has 1 N–H and O–H groups in total. The molecule has 7 heteroatoms. The van der Waals surface area contributed by atoms with Crippen LogP contribution >= 0.6 is 22.9 Å². The molecule has 1 unspecified atom stereocenters. The fourth-order valence-corrected chi connectivity index (χ4v) is 5.33. The van der Waals surface area contributed by atoms with Crippen LogP contribution in [0.2, 0.25) is 0 Å². The minimum absolute atomic E-state index is 0.117. The van der Waals surface area contributed by atoms with Crippen LogP contribution in [-0.2, 0) is 12.8 Å². The minimum Gasteiger partial charge on any atom is -0.493 e. The lowest BCUT2D eigenvalue weighted by atomic mass is 9.89. The molecule has 0 amide bonds. The number of nitrogens with zero attached hydrogens (tertiary/aromatic N) is 1. The number of aromatic nitrogens is 2. The summed E-state index contributed by atoms with van der Waals surface area (Å²) < 4.78 is 10.9. The summed E-state index contributed by atoms with van der Waals surface area (Å²) in [6.45, 7) is 4.70.